The molecule has 0 aliphatic heterocycles. The van der Waals surface area contributed by atoms with Gasteiger partial charge in [-0.25, -0.2) is 0 Å². The van der Waals surface area contributed by atoms with E-state index in [0.29, 0.717) is 24.2 Å². The van der Waals surface area contributed by atoms with Crippen LogP contribution in [-0.4, -0.2) is 75.0 Å². The fraction of sp³-hybridized carbons (Fsp3) is 0.727. The lowest BCUT2D eigenvalue weighted by atomic mass is 10.2. The molecule has 0 heterocycles. The van der Waals surface area contributed by atoms with Gasteiger partial charge >= 0.3 is 0 Å². The van der Waals surface area contributed by atoms with Crippen LogP contribution in [0.3, 0.4) is 0 Å². The molecule has 0 atom stereocenters. The third-order valence-corrected chi connectivity index (χ3v) is 4.61. The first-order valence-corrected chi connectivity index (χ1v) is 10.5. The first-order valence-electron chi connectivity index (χ1n) is 10.5. The van der Waals surface area contributed by atoms with Gasteiger partial charge in [-0.05, 0) is 79.8 Å². The summed E-state index contributed by atoms with van der Waals surface area (Å²) in [5.74, 6) is -0.103. The quantitative estimate of drug-likeness (QED) is 0.294. The number of hydrogen-bond acceptors (Lipinski definition) is 4. The highest BCUT2D eigenvalue weighted by atomic mass is 16.2. The molecule has 0 spiro atoms. The monoisotopic (exact) mass is 394 g/mol. The van der Waals surface area contributed by atoms with Gasteiger partial charge in [-0.15, -0.1) is 0 Å². The fourth-order valence-corrected chi connectivity index (χ4v) is 2.74. The van der Waals surface area contributed by atoms with Crippen molar-refractivity contribution in [2.24, 2.45) is 0 Å². The Morgan fingerprint density at radius 3 is 1.29 bits per heavy atom. The van der Waals surface area contributed by atoms with E-state index in [1.54, 1.807) is 13.8 Å². The molecule has 0 fully saturated rings. The Hall–Kier alpha value is -1.66. The van der Waals surface area contributed by atoms with Gasteiger partial charge in [0.05, 0.1) is 0 Å². The van der Waals surface area contributed by atoms with Crippen LogP contribution in [0.5, 0.6) is 0 Å². The van der Waals surface area contributed by atoms with Gasteiger partial charge in [0.25, 0.3) is 0 Å². The van der Waals surface area contributed by atoms with Crippen LogP contribution in [0.25, 0.3) is 0 Å². The van der Waals surface area contributed by atoms with Gasteiger partial charge in [-0.3, -0.25) is 9.59 Å². The molecule has 0 saturated carbocycles. The molecule has 0 radical (unpaired) electrons. The zero-order valence-electron chi connectivity index (χ0n) is 18.6. The zero-order chi connectivity index (χ0) is 21.4. The topological polar surface area (TPSA) is 64.7 Å². The largest absolute Gasteiger partial charge is 0.352 e. The van der Waals surface area contributed by atoms with Crippen molar-refractivity contribution in [3.05, 3.63) is 24.3 Å². The smallest absolute Gasteiger partial charge is 0.246 e. The van der Waals surface area contributed by atoms with E-state index in [4.69, 9.17) is 0 Å². The van der Waals surface area contributed by atoms with Crippen LogP contribution in [-0.2, 0) is 9.59 Å². The van der Waals surface area contributed by atoms with E-state index in [2.05, 4.69) is 47.7 Å². The minimum absolute atomic E-state index is 0.0516. The number of rotatable bonds is 17. The van der Waals surface area contributed by atoms with Gasteiger partial charge < -0.3 is 20.4 Å². The first-order chi connectivity index (χ1) is 13.2. The van der Waals surface area contributed by atoms with Crippen molar-refractivity contribution in [2.45, 2.75) is 52.4 Å². The normalized spacial score (nSPS) is 10.9. The van der Waals surface area contributed by atoms with E-state index in [0.717, 1.165) is 39.0 Å². The van der Waals surface area contributed by atoms with E-state index >= 15 is 0 Å². The number of unbranched alkanes of at least 4 members (excludes halogenated alkanes) is 3. The summed E-state index contributed by atoms with van der Waals surface area (Å²) in [5, 5.41) is 5.73. The Kier molecular flexibility index (Phi) is 15.3. The Morgan fingerprint density at radius 1 is 0.643 bits per heavy atom. The van der Waals surface area contributed by atoms with Crippen LogP contribution in [0.4, 0.5) is 0 Å². The highest BCUT2D eigenvalue weighted by molar-refractivity contribution is 5.92. The highest BCUT2D eigenvalue weighted by Gasteiger charge is 2.03. The summed E-state index contributed by atoms with van der Waals surface area (Å²) in [6, 6.07) is 0. The summed E-state index contributed by atoms with van der Waals surface area (Å²) >= 11 is 0. The Bertz CT molecular complexity index is 447. The summed E-state index contributed by atoms with van der Waals surface area (Å²) in [6.07, 6.45) is 6.86. The molecule has 6 heteroatoms. The second kappa shape index (κ2) is 16.3. The summed E-state index contributed by atoms with van der Waals surface area (Å²) in [7, 11) is 4.28. The van der Waals surface area contributed by atoms with E-state index < -0.39 is 0 Å². The van der Waals surface area contributed by atoms with Crippen LogP contribution in [0, 0.1) is 0 Å². The zero-order valence-corrected chi connectivity index (χ0v) is 18.6. The Balaban J connectivity index is 3.47. The van der Waals surface area contributed by atoms with Crippen molar-refractivity contribution in [3.8, 4) is 0 Å². The summed E-state index contributed by atoms with van der Waals surface area (Å²) in [6.45, 7) is 16.3. The minimum atomic E-state index is -0.0516. The van der Waals surface area contributed by atoms with Crippen LogP contribution in [0.15, 0.2) is 24.3 Å². The Morgan fingerprint density at radius 2 is 0.964 bits per heavy atom. The third kappa shape index (κ3) is 15.4. The van der Waals surface area contributed by atoms with Crippen LogP contribution >= 0.6 is 0 Å². The summed E-state index contributed by atoms with van der Waals surface area (Å²) < 4.78 is 0. The standard InChI is InChI=1S/C22H42N4O2/c1-19(2)21(27)23-13-11-17-25(5)15-9-7-8-10-16-26(6)18-12-14-24-22(28)20(3)4/h1,3,7-18H2,2,4-6H3,(H,23,27)(H,24,28). The average Bonchev–Trinajstić information content (AvgIpc) is 2.64. The number of nitrogens with zero attached hydrogens (tertiary/aromatic N) is 2. The summed E-state index contributed by atoms with van der Waals surface area (Å²) in [5.41, 5.74) is 1.13. The van der Waals surface area contributed by atoms with Crippen molar-refractivity contribution >= 4 is 11.8 Å². The van der Waals surface area contributed by atoms with Crippen molar-refractivity contribution in [3.63, 3.8) is 0 Å². The molecule has 0 aliphatic carbocycles. The third-order valence-electron chi connectivity index (χ3n) is 4.61. The molecule has 6 nitrogen and oxygen atoms in total. The molecule has 0 aliphatic rings. The fourth-order valence-electron chi connectivity index (χ4n) is 2.74. The predicted octanol–water partition coefficient (Wildman–Crippen LogP) is 2.58. The van der Waals surface area contributed by atoms with Gasteiger partial charge in [-0.2, -0.15) is 0 Å². The van der Waals surface area contributed by atoms with Crippen LogP contribution < -0.4 is 10.6 Å². The van der Waals surface area contributed by atoms with Crippen LogP contribution in [0.2, 0.25) is 0 Å². The van der Waals surface area contributed by atoms with Crippen molar-refractivity contribution in [1.29, 1.82) is 0 Å². The lowest BCUT2D eigenvalue weighted by Crippen LogP contribution is -2.29. The average molecular weight is 395 g/mol. The molecule has 0 rings (SSSR count). The van der Waals surface area contributed by atoms with Gasteiger partial charge in [0.15, 0.2) is 0 Å². The number of hydrogen-bond donors (Lipinski definition) is 2. The molecule has 0 aromatic heterocycles. The molecular formula is C22H42N4O2. The van der Waals surface area contributed by atoms with E-state index in [1.807, 2.05) is 0 Å². The highest BCUT2D eigenvalue weighted by Crippen LogP contribution is 2.03. The maximum absolute atomic E-state index is 11.4. The number of carbonyl (C=O) groups excluding carboxylic acids is 2. The van der Waals surface area contributed by atoms with Gasteiger partial charge in [0.2, 0.25) is 11.8 Å². The van der Waals surface area contributed by atoms with E-state index in [1.165, 1.54) is 25.7 Å². The van der Waals surface area contributed by atoms with Crippen LogP contribution in [0.1, 0.15) is 52.4 Å². The molecule has 2 amide bonds. The predicted molar refractivity (Wildman–Crippen MR) is 118 cm³/mol. The number of nitrogens with one attached hydrogen (secondary N) is 2. The second-order valence-corrected chi connectivity index (χ2v) is 7.80. The molecule has 0 aromatic rings. The molecule has 0 bridgehead atoms. The maximum Gasteiger partial charge on any atom is 0.246 e. The lowest BCUT2D eigenvalue weighted by molar-refractivity contribution is -0.118. The maximum atomic E-state index is 11.4. The first kappa shape index (κ1) is 26.3. The van der Waals surface area contributed by atoms with Gasteiger partial charge in [0.1, 0.15) is 0 Å². The molecule has 162 valence electrons. The molecule has 0 saturated heterocycles. The lowest BCUT2D eigenvalue weighted by Gasteiger charge is -2.18. The van der Waals surface area contributed by atoms with Crippen molar-refractivity contribution in [2.75, 3.05) is 53.4 Å². The number of carbonyl (C=O) groups is 2. The molecule has 0 unspecified atom stereocenters. The van der Waals surface area contributed by atoms with Gasteiger partial charge in [0, 0.05) is 24.2 Å². The Labute approximate surface area is 172 Å². The van der Waals surface area contributed by atoms with Crippen molar-refractivity contribution in [1.82, 2.24) is 20.4 Å². The summed E-state index contributed by atoms with van der Waals surface area (Å²) in [4.78, 5) is 27.4. The van der Waals surface area contributed by atoms with E-state index in [9.17, 15) is 9.59 Å². The molecule has 0 aromatic carbocycles. The van der Waals surface area contributed by atoms with Crippen molar-refractivity contribution < 1.29 is 9.59 Å². The SMILES string of the molecule is C=C(C)C(=O)NCCCN(C)CCCCCCN(C)CCCNC(=O)C(=C)C. The number of amides is 2. The second-order valence-electron chi connectivity index (χ2n) is 7.80. The van der Waals surface area contributed by atoms with Gasteiger partial charge in [-0.1, -0.05) is 26.0 Å². The molecular weight excluding hydrogens is 352 g/mol. The molecule has 28 heavy (non-hydrogen) atoms. The van der Waals surface area contributed by atoms with E-state index in [-0.39, 0.29) is 11.8 Å². The minimum Gasteiger partial charge on any atom is -0.352 e. The molecule has 2 N–H and O–H groups in total.